The summed E-state index contributed by atoms with van der Waals surface area (Å²) < 4.78 is 0. The van der Waals surface area contributed by atoms with Gasteiger partial charge in [-0.05, 0) is 38.0 Å². The zero-order valence-corrected chi connectivity index (χ0v) is 13.3. The third kappa shape index (κ3) is 3.33. The molecule has 3 unspecified atom stereocenters. The van der Waals surface area contributed by atoms with Crippen LogP contribution in [0.15, 0.2) is 0 Å². The second-order valence-electron chi connectivity index (χ2n) is 7.41. The van der Waals surface area contributed by atoms with Gasteiger partial charge in [-0.25, -0.2) is 0 Å². The average Bonchev–Trinajstić information content (AvgIpc) is 2.35. The van der Waals surface area contributed by atoms with Crippen molar-refractivity contribution in [3.05, 3.63) is 0 Å². The minimum atomic E-state index is 0.308. The summed E-state index contributed by atoms with van der Waals surface area (Å²) in [5.74, 6) is 1.65. The van der Waals surface area contributed by atoms with E-state index in [9.17, 15) is 0 Å². The Hall–Kier alpha value is -0.0800. The van der Waals surface area contributed by atoms with Gasteiger partial charge in [0, 0.05) is 24.7 Å². The van der Waals surface area contributed by atoms with Crippen LogP contribution in [-0.4, -0.2) is 29.6 Å². The van der Waals surface area contributed by atoms with Crippen molar-refractivity contribution in [3.63, 3.8) is 0 Å². The maximum atomic E-state index is 6.30. The molecule has 2 fully saturated rings. The van der Waals surface area contributed by atoms with E-state index in [1.165, 1.54) is 57.9 Å². The van der Waals surface area contributed by atoms with Crippen LogP contribution in [0.5, 0.6) is 0 Å². The standard InChI is InChI=1S/C17H34N2/c1-14-11-15(2)16(3)19(12-14)17(13-18)9-7-5-4-6-8-10-17/h14-16H,4-13,18H2,1-3H3. The van der Waals surface area contributed by atoms with Crippen LogP contribution in [0.2, 0.25) is 0 Å². The molecule has 112 valence electrons. The molecule has 3 atom stereocenters. The Morgan fingerprint density at radius 3 is 2.16 bits per heavy atom. The molecule has 1 aliphatic heterocycles. The molecule has 1 saturated heterocycles. The molecule has 1 heterocycles. The van der Waals surface area contributed by atoms with Crippen LogP contribution < -0.4 is 5.73 Å². The first-order chi connectivity index (χ1) is 9.09. The molecule has 0 amide bonds. The summed E-state index contributed by atoms with van der Waals surface area (Å²) in [7, 11) is 0. The van der Waals surface area contributed by atoms with E-state index >= 15 is 0 Å². The number of hydrogen-bond donors (Lipinski definition) is 1. The summed E-state index contributed by atoms with van der Waals surface area (Å²) in [6, 6.07) is 0.708. The van der Waals surface area contributed by atoms with Crippen molar-refractivity contribution in [1.82, 2.24) is 4.90 Å². The Balaban J connectivity index is 2.16. The maximum absolute atomic E-state index is 6.30. The van der Waals surface area contributed by atoms with Crippen LogP contribution in [0.3, 0.4) is 0 Å². The average molecular weight is 266 g/mol. The molecule has 1 aliphatic carbocycles. The lowest BCUT2D eigenvalue weighted by Gasteiger charge is -2.53. The van der Waals surface area contributed by atoms with E-state index in [2.05, 4.69) is 25.7 Å². The minimum Gasteiger partial charge on any atom is -0.329 e. The van der Waals surface area contributed by atoms with Gasteiger partial charge in [0.1, 0.15) is 0 Å². The van der Waals surface area contributed by atoms with Crippen LogP contribution in [0.4, 0.5) is 0 Å². The summed E-state index contributed by atoms with van der Waals surface area (Å²) in [4.78, 5) is 2.82. The number of hydrogen-bond acceptors (Lipinski definition) is 2. The van der Waals surface area contributed by atoms with E-state index < -0.39 is 0 Å². The van der Waals surface area contributed by atoms with Crippen LogP contribution in [0.1, 0.15) is 72.1 Å². The van der Waals surface area contributed by atoms with Gasteiger partial charge >= 0.3 is 0 Å². The Kier molecular flexibility index (Phi) is 5.30. The van der Waals surface area contributed by atoms with Crippen molar-refractivity contribution in [2.75, 3.05) is 13.1 Å². The highest BCUT2D eigenvalue weighted by atomic mass is 15.2. The molecular weight excluding hydrogens is 232 g/mol. The summed E-state index contributed by atoms with van der Waals surface area (Å²) in [5.41, 5.74) is 6.61. The number of nitrogens with two attached hydrogens (primary N) is 1. The smallest absolute Gasteiger partial charge is 0.0334 e. The third-order valence-corrected chi connectivity index (χ3v) is 5.87. The lowest BCUT2D eigenvalue weighted by molar-refractivity contribution is -0.0294. The molecule has 2 N–H and O–H groups in total. The Labute approximate surface area is 120 Å². The second kappa shape index (κ2) is 6.58. The van der Waals surface area contributed by atoms with Gasteiger partial charge in [0.2, 0.25) is 0 Å². The lowest BCUT2D eigenvalue weighted by atomic mass is 9.76. The fraction of sp³-hybridized carbons (Fsp3) is 1.00. The molecule has 0 aromatic heterocycles. The molecule has 1 saturated carbocycles. The lowest BCUT2D eigenvalue weighted by Crippen LogP contribution is -2.61. The molecule has 0 bridgehead atoms. The Morgan fingerprint density at radius 2 is 1.58 bits per heavy atom. The summed E-state index contributed by atoms with van der Waals surface area (Å²) >= 11 is 0. The molecule has 2 heteroatoms. The van der Waals surface area contributed by atoms with Crippen molar-refractivity contribution < 1.29 is 0 Å². The van der Waals surface area contributed by atoms with Gasteiger partial charge in [0.15, 0.2) is 0 Å². The van der Waals surface area contributed by atoms with Gasteiger partial charge in [-0.15, -0.1) is 0 Å². The highest BCUT2D eigenvalue weighted by molar-refractivity contribution is 4.98. The maximum Gasteiger partial charge on any atom is 0.0334 e. The molecule has 0 aromatic carbocycles. The molecule has 0 aromatic rings. The molecule has 2 nitrogen and oxygen atoms in total. The SMILES string of the molecule is CC1CC(C)C(C)N(C2(CN)CCCCCCC2)C1. The Morgan fingerprint density at radius 1 is 1.00 bits per heavy atom. The highest BCUT2D eigenvalue weighted by Gasteiger charge is 2.42. The normalized spacial score (nSPS) is 37.6. The Bertz CT molecular complexity index is 268. The van der Waals surface area contributed by atoms with E-state index in [0.717, 1.165) is 18.4 Å². The van der Waals surface area contributed by atoms with Gasteiger partial charge in [-0.3, -0.25) is 4.90 Å². The van der Waals surface area contributed by atoms with Crippen LogP contribution in [0, 0.1) is 11.8 Å². The fourth-order valence-electron chi connectivity index (χ4n) is 4.51. The summed E-state index contributed by atoms with van der Waals surface area (Å²) in [6.07, 6.45) is 11.1. The minimum absolute atomic E-state index is 0.308. The second-order valence-corrected chi connectivity index (χ2v) is 7.41. The van der Waals surface area contributed by atoms with Gasteiger partial charge < -0.3 is 5.73 Å². The molecule has 0 radical (unpaired) electrons. The number of likely N-dealkylation sites (tertiary alicyclic amines) is 1. The predicted molar refractivity (Wildman–Crippen MR) is 83.2 cm³/mol. The monoisotopic (exact) mass is 266 g/mol. The van der Waals surface area contributed by atoms with Crippen molar-refractivity contribution in [2.24, 2.45) is 17.6 Å². The first-order valence-corrected chi connectivity index (χ1v) is 8.56. The van der Waals surface area contributed by atoms with E-state index in [0.29, 0.717) is 11.6 Å². The molecule has 19 heavy (non-hydrogen) atoms. The van der Waals surface area contributed by atoms with Crippen molar-refractivity contribution in [1.29, 1.82) is 0 Å². The molecule has 2 aliphatic rings. The molecule has 2 rings (SSSR count). The first kappa shape index (κ1) is 15.3. The van der Waals surface area contributed by atoms with Gasteiger partial charge in [-0.1, -0.05) is 46.0 Å². The molecular formula is C17H34N2. The zero-order chi connectivity index (χ0) is 13.9. The summed E-state index contributed by atoms with van der Waals surface area (Å²) in [5, 5.41) is 0. The summed E-state index contributed by atoms with van der Waals surface area (Å²) in [6.45, 7) is 9.41. The number of rotatable bonds is 2. The third-order valence-electron chi connectivity index (χ3n) is 5.87. The predicted octanol–water partition coefficient (Wildman–Crippen LogP) is 3.79. The van der Waals surface area contributed by atoms with E-state index in [1.807, 2.05) is 0 Å². The van der Waals surface area contributed by atoms with Gasteiger partial charge in [-0.2, -0.15) is 0 Å². The van der Waals surface area contributed by atoms with E-state index in [-0.39, 0.29) is 0 Å². The fourth-order valence-corrected chi connectivity index (χ4v) is 4.51. The number of piperidine rings is 1. The first-order valence-electron chi connectivity index (χ1n) is 8.56. The highest BCUT2D eigenvalue weighted by Crippen LogP contribution is 2.38. The largest absolute Gasteiger partial charge is 0.329 e. The van der Waals surface area contributed by atoms with Crippen LogP contribution in [0.25, 0.3) is 0 Å². The van der Waals surface area contributed by atoms with Gasteiger partial charge in [0.25, 0.3) is 0 Å². The zero-order valence-electron chi connectivity index (χ0n) is 13.3. The number of nitrogens with zero attached hydrogens (tertiary/aromatic N) is 1. The van der Waals surface area contributed by atoms with Crippen molar-refractivity contribution >= 4 is 0 Å². The van der Waals surface area contributed by atoms with Crippen LogP contribution >= 0.6 is 0 Å². The van der Waals surface area contributed by atoms with E-state index in [1.54, 1.807) is 0 Å². The quantitative estimate of drug-likeness (QED) is 0.824. The topological polar surface area (TPSA) is 29.3 Å². The van der Waals surface area contributed by atoms with Gasteiger partial charge in [0.05, 0.1) is 0 Å². The van der Waals surface area contributed by atoms with Crippen molar-refractivity contribution in [3.8, 4) is 0 Å². The van der Waals surface area contributed by atoms with Crippen LogP contribution in [-0.2, 0) is 0 Å². The van der Waals surface area contributed by atoms with E-state index in [4.69, 9.17) is 5.73 Å². The molecule has 0 spiro atoms. The van der Waals surface area contributed by atoms with Crippen molar-refractivity contribution in [2.45, 2.75) is 83.7 Å².